The Morgan fingerprint density at radius 3 is 2.82 bits per heavy atom. The molecule has 0 aliphatic rings. The number of rotatable bonds is 6. The number of hydrogen-bond acceptors (Lipinski definition) is 7. The van der Waals surface area contributed by atoms with Gasteiger partial charge >= 0.3 is 12.6 Å². The van der Waals surface area contributed by atoms with Crippen molar-refractivity contribution in [3.05, 3.63) is 33.9 Å². The molecular weight excluding hydrogens is 316 g/mol. The van der Waals surface area contributed by atoms with E-state index in [1.807, 2.05) is 0 Å². The van der Waals surface area contributed by atoms with E-state index in [-0.39, 0.29) is 5.88 Å². The van der Waals surface area contributed by atoms with E-state index in [4.69, 9.17) is 0 Å². The van der Waals surface area contributed by atoms with Crippen molar-refractivity contribution in [1.29, 1.82) is 0 Å². The highest BCUT2D eigenvalue weighted by Crippen LogP contribution is 2.21. The van der Waals surface area contributed by atoms with Crippen molar-refractivity contribution >= 4 is 23.0 Å². The van der Waals surface area contributed by atoms with Crippen LogP contribution in [-0.2, 0) is 11.3 Å². The second-order valence-electron chi connectivity index (χ2n) is 4.19. The first kappa shape index (κ1) is 16.1. The second-order valence-corrected chi connectivity index (χ2v) is 5.30. The van der Waals surface area contributed by atoms with Gasteiger partial charge in [-0.25, -0.2) is 14.8 Å². The predicted octanol–water partition coefficient (Wildman–Crippen LogP) is 2.85. The van der Waals surface area contributed by atoms with Crippen LogP contribution in [0.25, 0.3) is 0 Å². The van der Waals surface area contributed by atoms with Gasteiger partial charge in [-0.1, -0.05) is 0 Å². The Morgan fingerprint density at radius 1 is 1.41 bits per heavy atom. The number of ether oxygens (including phenoxy) is 2. The van der Waals surface area contributed by atoms with Crippen LogP contribution < -0.4 is 10.1 Å². The Bertz CT molecular complexity index is 664. The number of thiazole rings is 1. The van der Waals surface area contributed by atoms with Gasteiger partial charge in [0.1, 0.15) is 9.88 Å². The largest absolute Gasteiger partial charge is 0.465 e. The number of hydrogen-bond donors (Lipinski definition) is 1. The van der Waals surface area contributed by atoms with Gasteiger partial charge in [-0.2, -0.15) is 8.78 Å². The van der Waals surface area contributed by atoms with Gasteiger partial charge in [0.15, 0.2) is 0 Å². The Hall–Kier alpha value is -2.29. The molecule has 0 amide bonds. The van der Waals surface area contributed by atoms with Crippen molar-refractivity contribution in [2.75, 3.05) is 12.4 Å². The average molecular weight is 329 g/mol. The molecule has 0 unspecified atom stereocenters. The highest BCUT2D eigenvalue weighted by atomic mass is 32.1. The van der Waals surface area contributed by atoms with Gasteiger partial charge in [-0.05, 0) is 13.0 Å². The summed E-state index contributed by atoms with van der Waals surface area (Å²) in [7, 11) is 1.30. The summed E-state index contributed by atoms with van der Waals surface area (Å²) >= 11 is 1.21. The van der Waals surface area contributed by atoms with Crippen LogP contribution in [0, 0.1) is 6.92 Å². The third-order valence-corrected chi connectivity index (χ3v) is 3.59. The lowest BCUT2D eigenvalue weighted by Gasteiger charge is -2.09. The van der Waals surface area contributed by atoms with Crippen molar-refractivity contribution < 1.29 is 23.0 Å². The zero-order valence-corrected chi connectivity index (χ0v) is 12.6. The molecule has 2 aromatic rings. The van der Waals surface area contributed by atoms with Gasteiger partial charge in [-0.3, -0.25) is 0 Å². The molecule has 0 aliphatic heterocycles. The Balaban J connectivity index is 1.98. The third-order valence-electron chi connectivity index (χ3n) is 2.61. The Kier molecular flexibility index (Phi) is 5.21. The van der Waals surface area contributed by atoms with Crippen LogP contribution in [0.4, 0.5) is 14.5 Å². The smallest absolute Gasteiger partial charge is 0.388 e. The summed E-state index contributed by atoms with van der Waals surface area (Å²) in [5.74, 6) is -0.544. The standard InChI is InChI=1S/C13H13F2N3O3S/c1-7-3-8(4-18-11(7)21-13(14)15)16-6-10-17-5-9(22-10)12(19)20-2/h3-5,13,16H,6H2,1-2H3. The minimum absolute atomic E-state index is 0.109. The molecule has 6 nitrogen and oxygen atoms in total. The number of halogens is 2. The molecule has 0 bridgehead atoms. The normalized spacial score (nSPS) is 10.6. The number of carbonyl (C=O) groups is 1. The first-order chi connectivity index (χ1) is 10.5. The van der Waals surface area contributed by atoms with E-state index in [0.717, 1.165) is 0 Å². The van der Waals surface area contributed by atoms with Gasteiger partial charge in [-0.15, -0.1) is 11.3 Å². The van der Waals surface area contributed by atoms with E-state index < -0.39 is 12.6 Å². The van der Waals surface area contributed by atoms with Crippen LogP contribution in [0.1, 0.15) is 20.2 Å². The zero-order valence-electron chi connectivity index (χ0n) is 11.8. The van der Waals surface area contributed by atoms with Crippen LogP contribution in [0.5, 0.6) is 5.88 Å². The highest BCUT2D eigenvalue weighted by molar-refractivity contribution is 7.13. The van der Waals surface area contributed by atoms with Crippen molar-refractivity contribution in [2.45, 2.75) is 20.1 Å². The molecule has 22 heavy (non-hydrogen) atoms. The van der Waals surface area contributed by atoms with Crippen LogP contribution in [-0.4, -0.2) is 29.7 Å². The molecule has 1 N–H and O–H groups in total. The summed E-state index contributed by atoms with van der Waals surface area (Å²) in [5.41, 5.74) is 1.12. The summed E-state index contributed by atoms with van der Waals surface area (Å²) in [6.07, 6.45) is 2.83. The SMILES string of the molecule is COC(=O)c1cnc(CNc2cnc(OC(F)F)c(C)c2)s1. The maximum Gasteiger partial charge on any atom is 0.388 e. The first-order valence-corrected chi connectivity index (χ1v) is 6.99. The van der Waals surface area contributed by atoms with E-state index in [0.29, 0.717) is 27.7 Å². The van der Waals surface area contributed by atoms with Crippen molar-refractivity contribution in [1.82, 2.24) is 9.97 Å². The third kappa shape index (κ3) is 4.10. The molecular formula is C13H13F2N3O3S. The molecule has 9 heteroatoms. The summed E-state index contributed by atoms with van der Waals surface area (Å²) < 4.78 is 33.2. The predicted molar refractivity (Wildman–Crippen MR) is 76.4 cm³/mol. The highest BCUT2D eigenvalue weighted by Gasteiger charge is 2.11. The Labute approximate surface area is 129 Å². The van der Waals surface area contributed by atoms with Gasteiger partial charge in [0.2, 0.25) is 5.88 Å². The summed E-state index contributed by atoms with van der Waals surface area (Å²) in [6, 6.07) is 1.64. The molecule has 0 spiro atoms. The van der Waals surface area contributed by atoms with Crippen LogP contribution >= 0.6 is 11.3 Å². The van der Waals surface area contributed by atoms with Crippen molar-refractivity contribution in [3.63, 3.8) is 0 Å². The van der Waals surface area contributed by atoms with E-state index >= 15 is 0 Å². The number of esters is 1. The maximum absolute atomic E-state index is 12.1. The first-order valence-electron chi connectivity index (χ1n) is 6.18. The molecule has 0 aliphatic carbocycles. The number of anilines is 1. The Morgan fingerprint density at radius 2 is 2.18 bits per heavy atom. The number of pyridine rings is 1. The number of aryl methyl sites for hydroxylation is 1. The van der Waals surface area contributed by atoms with Gasteiger partial charge in [0.25, 0.3) is 0 Å². The topological polar surface area (TPSA) is 73.3 Å². The number of alkyl halides is 2. The quantitative estimate of drug-likeness (QED) is 0.822. The van der Waals surface area contributed by atoms with E-state index in [9.17, 15) is 13.6 Å². The van der Waals surface area contributed by atoms with E-state index in [2.05, 4.69) is 24.8 Å². The lowest BCUT2D eigenvalue weighted by atomic mass is 10.3. The average Bonchev–Trinajstić information content (AvgIpc) is 2.95. The number of aromatic nitrogens is 2. The summed E-state index contributed by atoms with van der Waals surface area (Å²) in [5, 5.41) is 3.73. The monoisotopic (exact) mass is 329 g/mol. The second kappa shape index (κ2) is 7.12. The molecule has 0 fully saturated rings. The molecule has 0 radical (unpaired) electrons. The maximum atomic E-state index is 12.1. The summed E-state index contributed by atoms with van der Waals surface area (Å²) in [6.45, 7) is -0.913. The molecule has 118 valence electrons. The van der Waals surface area contributed by atoms with E-state index in [1.165, 1.54) is 30.8 Å². The van der Waals surface area contributed by atoms with Crippen molar-refractivity contribution in [3.8, 4) is 5.88 Å². The number of methoxy groups -OCH3 is 1. The van der Waals surface area contributed by atoms with Crippen LogP contribution in [0.15, 0.2) is 18.5 Å². The van der Waals surface area contributed by atoms with Gasteiger partial charge in [0.05, 0.1) is 31.7 Å². The fraction of sp³-hybridized carbons (Fsp3) is 0.308. The van der Waals surface area contributed by atoms with Gasteiger partial charge in [0, 0.05) is 5.56 Å². The minimum atomic E-state index is -2.91. The fourth-order valence-corrected chi connectivity index (χ4v) is 2.41. The zero-order chi connectivity index (χ0) is 16.1. The lowest BCUT2D eigenvalue weighted by molar-refractivity contribution is -0.0533. The molecule has 2 heterocycles. The summed E-state index contributed by atoms with van der Waals surface area (Å²) in [4.78, 5) is 19.6. The number of nitrogens with one attached hydrogen (secondary N) is 1. The molecule has 2 aromatic heterocycles. The van der Waals surface area contributed by atoms with Crippen LogP contribution in [0.2, 0.25) is 0 Å². The molecule has 2 rings (SSSR count). The van der Waals surface area contributed by atoms with Gasteiger partial charge < -0.3 is 14.8 Å². The minimum Gasteiger partial charge on any atom is -0.465 e. The molecule has 0 saturated carbocycles. The molecule has 0 saturated heterocycles. The number of nitrogens with zero attached hydrogens (tertiary/aromatic N) is 2. The van der Waals surface area contributed by atoms with Crippen molar-refractivity contribution in [2.24, 2.45) is 0 Å². The fourth-order valence-electron chi connectivity index (χ4n) is 1.63. The van der Waals surface area contributed by atoms with Crippen LogP contribution in [0.3, 0.4) is 0 Å². The molecule has 0 atom stereocenters. The van der Waals surface area contributed by atoms with E-state index in [1.54, 1.807) is 13.0 Å². The molecule has 0 aromatic carbocycles. The number of carbonyl (C=O) groups excluding carboxylic acids is 1. The lowest BCUT2D eigenvalue weighted by Crippen LogP contribution is -2.06.